The molecule has 3 unspecified atom stereocenters. The molecule has 3 heterocycles. The van der Waals surface area contributed by atoms with Gasteiger partial charge in [0.25, 0.3) is 11.8 Å². The molecular formula is C26H34ClN5O4S. The first-order valence-corrected chi connectivity index (χ1v) is 14.0. The molecule has 2 aliphatic heterocycles. The van der Waals surface area contributed by atoms with Crippen molar-refractivity contribution in [3.63, 3.8) is 0 Å². The monoisotopic (exact) mass is 547 g/mol. The summed E-state index contributed by atoms with van der Waals surface area (Å²) in [4.78, 5) is 34.1. The van der Waals surface area contributed by atoms with E-state index in [1.807, 2.05) is 38.2 Å². The molecule has 2 aliphatic carbocycles. The van der Waals surface area contributed by atoms with Gasteiger partial charge in [-0.1, -0.05) is 23.8 Å². The highest BCUT2D eigenvalue weighted by molar-refractivity contribution is 7.13. The first-order chi connectivity index (χ1) is 17.7. The summed E-state index contributed by atoms with van der Waals surface area (Å²) in [6, 6.07) is -0.607. The maximum atomic E-state index is 13.2. The van der Waals surface area contributed by atoms with Crippen LogP contribution in [0.4, 0.5) is 0 Å². The lowest BCUT2D eigenvalue weighted by Gasteiger charge is -2.39. The largest absolute Gasteiger partial charge is 0.396 e. The molecule has 0 radical (unpaired) electrons. The van der Waals surface area contributed by atoms with Gasteiger partial charge in [0.1, 0.15) is 0 Å². The maximum Gasteiger partial charge on any atom is 0.280 e. The Morgan fingerprint density at radius 2 is 1.95 bits per heavy atom. The van der Waals surface area contributed by atoms with Crippen molar-refractivity contribution in [3.05, 3.63) is 50.6 Å². The molecule has 200 valence electrons. The number of carbonyl (C=O) groups excluding carboxylic acids is 2. The maximum absolute atomic E-state index is 13.2. The zero-order valence-corrected chi connectivity index (χ0v) is 22.6. The Hall–Kier alpha value is -2.24. The Bertz CT molecular complexity index is 1160. The number of halogens is 1. The van der Waals surface area contributed by atoms with E-state index in [-0.39, 0.29) is 60.5 Å². The zero-order chi connectivity index (χ0) is 26.3. The van der Waals surface area contributed by atoms with E-state index in [0.717, 1.165) is 23.5 Å². The molecule has 1 aromatic heterocycles. The smallest absolute Gasteiger partial charge is 0.280 e. The Kier molecular flexibility index (Phi) is 7.48. The topological polar surface area (TPSA) is 127 Å². The van der Waals surface area contributed by atoms with Crippen molar-refractivity contribution in [2.24, 2.45) is 11.8 Å². The molecule has 0 bridgehead atoms. The minimum Gasteiger partial charge on any atom is -0.396 e. The fourth-order valence-corrected chi connectivity index (χ4v) is 6.77. The summed E-state index contributed by atoms with van der Waals surface area (Å²) < 4.78 is 0. The van der Waals surface area contributed by atoms with Gasteiger partial charge in [0.2, 0.25) is 0 Å². The van der Waals surface area contributed by atoms with Crippen LogP contribution < -0.4 is 16.0 Å². The van der Waals surface area contributed by atoms with Gasteiger partial charge in [0.05, 0.1) is 24.0 Å². The van der Waals surface area contributed by atoms with Crippen LogP contribution in [0.25, 0.3) is 0 Å². The van der Waals surface area contributed by atoms with Gasteiger partial charge in [-0.05, 0) is 44.8 Å². The van der Waals surface area contributed by atoms with E-state index in [1.165, 1.54) is 11.3 Å². The van der Waals surface area contributed by atoms with E-state index in [2.05, 4.69) is 25.8 Å². The van der Waals surface area contributed by atoms with E-state index >= 15 is 0 Å². The van der Waals surface area contributed by atoms with Crippen LogP contribution in [0.5, 0.6) is 0 Å². The van der Waals surface area contributed by atoms with Gasteiger partial charge in [0.15, 0.2) is 5.01 Å². The van der Waals surface area contributed by atoms with Gasteiger partial charge in [-0.3, -0.25) is 14.5 Å². The third-order valence-electron chi connectivity index (χ3n) is 7.87. The van der Waals surface area contributed by atoms with Gasteiger partial charge >= 0.3 is 0 Å². The van der Waals surface area contributed by atoms with Crippen molar-refractivity contribution >= 4 is 34.8 Å². The average molecular weight is 548 g/mol. The molecule has 1 aromatic rings. The van der Waals surface area contributed by atoms with Gasteiger partial charge < -0.3 is 26.2 Å². The van der Waals surface area contributed by atoms with Crippen molar-refractivity contribution in [1.82, 2.24) is 25.8 Å². The lowest BCUT2D eigenvalue weighted by Crippen LogP contribution is -2.49. The molecule has 0 spiro atoms. The summed E-state index contributed by atoms with van der Waals surface area (Å²) in [5, 5.41) is 29.9. The van der Waals surface area contributed by atoms with E-state index in [1.54, 1.807) is 0 Å². The fraction of sp³-hybridized carbons (Fsp3) is 0.577. The number of aromatic nitrogens is 1. The minimum atomic E-state index is -0.334. The Balaban J connectivity index is 1.24. The molecule has 11 heteroatoms. The molecule has 4 aliphatic rings. The predicted octanol–water partition coefficient (Wildman–Crippen LogP) is 1.42. The van der Waals surface area contributed by atoms with Crippen molar-refractivity contribution in [1.29, 1.82) is 0 Å². The highest BCUT2D eigenvalue weighted by atomic mass is 35.5. The number of carbonyl (C=O) groups is 2. The molecular weight excluding hydrogens is 514 g/mol. The fourth-order valence-electron chi connectivity index (χ4n) is 5.52. The zero-order valence-electron chi connectivity index (χ0n) is 21.0. The molecule has 2 amide bonds. The number of allylic oxidation sites excluding steroid dienone is 2. The summed E-state index contributed by atoms with van der Waals surface area (Å²) in [6.07, 6.45) is 9.45. The summed E-state index contributed by atoms with van der Waals surface area (Å²) in [5.41, 5.74) is 1.09. The van der Waals surface area contributed by atoms with Crippen LogP contribution in [0.2, 0.25) is 0 Å². The first kappa shape index (κ1) is 26.4. The number of thiazole rings is 1. The van der Waals surface area contributed by atoms with Crippen LogP contribution in [-0.4, -0.2) is 75.3 Å². The first-order valence-electron chi connectivity index (χ1n) is 12.8. The number of nitrogens with zero attached hydrogens (tertiary/aromatic N) is 2. The number of aliphatic hydroxyl groups is 2. The molecule has 5 N–H and O–H groups in total. The Morgan fingerprint density at radius 1 is 1.22 bits per heavy atom. The molecule has 9 nitrogen and oxygen atoms in total. The molecule has 5 atom stereocenters. The van der Waals surface area contributed by atoms with Crippen molar-refractivity contribution in [2.45, 2.75) is 63.3 Å². The third-order valence-corrected chi connectivity index (χ3v) is 9.21. The number of nitrogens with one attached hydrogen (secondary N) is 3. The van der Waals surface area contributed by atoms with Crippen molar-refractivity contribution in [3.8, 4) is 0 Å². The van der Waals surface area contributed by atoms with Crippen LogP contribution in [0.15, 0.2) is 35.0 Å². The van der Waals surface area contributed by atoms with E-state index in [4.69, 9.17) is 11.6 Å². The lowest BCUT2D eigenvalue weighted by atomic mass is 9.98. The second kappa shape index (κ2) is 10.5. The molecule has 0 aromatic carbocycles. The van der Waals surface area contributed by atoms with Crippen molar-refractivity contribution in [2.75, 3.05) is 19.8 Å². The van der Waals surface area contributed by atoms with Gasteiger partial charge in [-0.25, -0.2) is 4.98 Å². The minimum absolute atomic E-state index is 0.0000499. The number of hydrogen-bond donors (Lipinski definition) is 5. The van der Waals surface area contributed by atoms with Gasteiger partial charge in [-0.15, -0.1) is 11.3 Å². The number of fused-ring (bicyclic) bond motifs is 2. The third kappa shape index (κ3) is 5.49. The second-order valence-electron chi connectivity index (χ2n) is 10.9. The Labute approximate surface area is 225 Å². The highest BCUT2D eigenvalue weighted by Gasteiger charge is 2.38. The summed E-state index contributed by atoms with van der Waals surface area (Å²) in [5.74, 6) is -0.472. The van der Waals surface area contributed by atoms with Crippen LogP contribution in [-0.2, 0) is 17.8 Å². The van der Waals surface area contributed by atoms with Crippen LogP contribution in [0, 0.1) is 11.8 Å². The van der Waals surface area contributed by atoms with E-state index in [9.17, 15) is 19.8 Å². The summed E-state index contributed by atoms with van der Waals surface area (Å²) in [7, 11) is 0. The lowest BCUT2D eigenvalue weighted by molar-refractivity contribution is -0.118. The number of amides is 2. The quantitative estimate of drug-likeness (QED) is 0.349. The van der Waals surface area contributed by atoms with Crippen LogP contribution in [0.3, 0.4) is 0 Å². The van der Waals surface area contributed by atoms with Crippen LogP contribution >= 0.6 is 22.9 Å². The van der Waals surface area contributed by atoms with E-state index < -0.39 is 0 Å². The predicted molar refractivity (Wildman–Crippen MR) is 142 cm³/mol. The average Bonchev–Trinajstić information content (AvgIpc) is 3.59. The molecule has 1 fully saturated rings. The standard InChI is InChI=1S/C26H34ClN5O4S/c1-26(2,13-34)32-6-5-18-22(11-32)37-25(31-18)24(36)30-20-8-14(12-33)7-19(20)29-23(35)21-10-15-9-16(27)3-4-17(15)28-21/h3-4,9-10,14-15,17,19-20,28,33-34H,5-8,11-13H2,1-2H3,(H,29,35)(H,30,36)/t14?,15?,17?,19-,20-/m1/s1. The highest BCUT2D eigenvalue weighted by Crippen LogP contribution is 2.31. The number of rotatable bonds is 7. The van der Waals surface area contributed by atoms with E-state index in [0.29, 0.717) is 35.1 Å². The number of aliphatic hydroxyl groups excluding tert-OH is 2. The normalized spacial score (nSPS) is 29.2. The summed E-state index contributed by atoms with van der Waals surface area (Å²) >= 11 is 7.49. The van der Waals surface area contributed by atoms with Gasteiger partial charge in [-0.2, -0.15) is 0 Å². The molecule has 1 saturated carbocycles. The number of hydrogen-bond acceptors (Lipinski definition) is 8. The molecule has 0 saturated heterocycles. The molecule has 37 heavy (non-hydrogen) atoms. The Morgan fingerprint density at radius 3 is 2.65 bits per heavy atom. The van der Waals surface area contributed by atoms with Gasteiger partial charge in [0, 0.05) is 59.6 Å². The molecule has 5 rings (SSSR count). The van der Waals surface area contributed by atoms with Crippen molar-refractivity contribution < 1.29 is 19.8 Å². The van der Waals surface area contributed by atoms with Crippen LogP contribution in [0.1, 0.15) is 47.1 Å². The SMILES string of the molecule is CC(C)(CO)N1CCc2nc(C(=O)N[C@@H]3CC(CO)C[C@H]3NC(=O)C3=CC4C=C(Cl)C=CC4N3)sc2C1. The second-order valence-corrected chi connectivity index (χ2v) is 12.5. The summed E-state index contributed by atoms with van der Waals surface area (Å²) in [6.45, 7) is 5.51.